The van der Waals surface area contributed by atoms with Gasteiger partial charge in [0.05, 0.1) is 6.20 Å². The van der Waals surface area contributed by atoms with Crippen molar-refractivity contribution in [3.63, 3.8) is 0 Å². The predicted octanol–water partition coefficient (Wildman–Crippen LogP) is 3.04. The lowest BCUT2D eigenvalue weighted by Gasteiger charge is -2.29. The van der Waals surface area contributed by atoms with Crippen LogP contribution < -0.4 is 10.6 Å². The normalized spacial score (nSPS) is 11.4. The largest absolute Gasteiger partial charge is 0.362 e. The maximum absolute atomic E-state index is 13.6. The van der Waals surface area contributed by atoms with Crippen LogP contribution in [0.2, 0.25) is 0 Å². The number of anilines is 2. The topological polar surface area (TPSA) is 49.8 Å². The van der Waals surface area contributed by atoms with Crippen LogP contribution in [0, 0.1) is 5.82 Å². The van der Waals surface area contributed by atoms with E-state index in [1.807, 2.05) is 6.92 Å². The average molecular weight is 240 g/mol. The molecule has 0 bridgehead atoms. The summed E-state index contributed by atoms with van der Waals surface area (Å²) in [5.74, 6) is 0.299. The third kappa shape index (κ3) is 3.54. The van der Waals surface area contributed by atoms with Gasteiger partial charge in [-0.25, -0.2) is 9.37 Å². The van der Waals surface area contributed by atoms with Gasteiger partial charge >= 0.3 is 0 Å². The quantitative estimate of drug-likeness (QED) is 0.802. The molecule has 1 aromatic rings. The van der Waals surface area contributed by atoms with Crippen LogP contribution in [-0.2, 0) is 0 Å². The number of hydrogen-bond donors (Lipinski definition) is 2. The highest BCUT2D eigenvalue weighted by Crippen LogP contribution is 2.22. The van der Waals surface area contributed by atoms with Crippen molar-refractivity contribution in [2.24, 2.45) is 0 Å². The van der Waals surface area contributed by atoms with E-state index in [0.717, 1.165) is 12.8 Å². The number of nitrogens with zero attached hydrogens (tertiary/aromatic N) is 2. The Bertz CT molecular complexity index is 364. The van der Waals surface area contributed by atoms with Crippen molar-refractivity contribution in [2.45, 2.75) is 46.1 Å². The van der Waals surface area contributed by atoms with Crippen LogP contribution in [0.3, 0.4) is 0 Å². The van der Waals surface area contributed by atoms with Gasteiger partial charge in [-0.05, 0) is 26.7 Å². The molecule has 1 heterocycles. The van der Waals surface area contributed by atoms with Crippen molar-refractivity contribution < 1.29 is 4.39 Å². The second-order valence-corrected chi connectivity index (χ2v) is 4.31. The van der Waals surface area contributed by atoms with Crippen LogP contribution >= 0.6 is 0 Å². The molecule has 0 amide bonds. The Balaban J connectivity index is 2.92. The lowest BCUT2D eigenvalue weighted by atomic mass is 9.96. The van der Waals surface area contributed by atoms with E-state index in [1.165, 1.54) is 6.20 Å². The number of halogens is 1. The Labute approximate surface area is 102 Å². The summed E-state index contributed by atoms with van der Waals surface area (Å²) in [6.07, 6.45) is 3.01. The van der Waals surface area contributed by atoms with Crippen molar-refractivity contribution >= 4 is 11.8 Å². The summed E-state index contributed by atoms with van der Waals surface area (Å²) in [5, 5.41) is 6.12. The molecule has 5 heteroatoms. The summed E-state index contributed by atoms with van der Waals surface area (Å²) >= 11 is 0. The first-order valence-corrected chi connectivity index (χ1v) is 6.09. The summed E-state index contributed by atoms with van der Waals surface area (Å²) in [6.45, 7) is 8.86. The number of hydrogen-bond acceptors (Lipinski definition) is 4. The van der Waals surface area contributed by atoms with Gasteiger partial charge in [0.15, 0.2) is 11.6 Å². The first kappa shape index (κ1) is 13.7. The van der Waals surface area contributed by atoms with Gasteiger partial charge in [-0.2, -0.15) is 4.98 Å². The van der Waals surface area contributed by atoms with E-state index in [9.17, 15) is 4.39 Å². The number of aromatic nitrogens is 2. The molecule has 0 radical (unpaired) electrons. The standard InChI is InChI=1S/C12H21FN4/c1-5-12(4,6-2)17-10-9(13)8-15-11(16-10)14-7-3/h8H,5-7H2,1-4H3,(H2,14,15,16,17). The van der Waals surface area contributed by atoms with E-state index in [0.29, 0.717) is 12.5 Å². The number of rotatable bonds is 6. The molecule has 1 aromatic heterocycles. The molecule has 0 aromatic carbocycles. The fourth-order valence-electron chi connectivity index (χ4n) is 1.41. The predicted molar refractivity (Wildman–Crippen MR) is 68.8 cm³/mol. The summed E-state index contributed by atoms with van der Waals surface area (Å²) in [6, 6.07) is 0. The highest BCUT2D eigenvalue weighted by molar-refractivity contribution is 5.43. The number of nitrogens with one attached hydrogen (secondary N) is 2. The molecular weight excluding hydrogens is 219 g/mol. The van der Waals surface area contributed by atoms with E-state index < -0.39 is 5.82 Å². The van der Waals surface area contributed by atoms with Crippen molar-refractivity contribution in [2.75, 3.05) is 17.2 Å². The zero-order chi connectivity index (χ0) is 12.9. The molecule has 0 spiro atoms. The Morgan fingerprint density at radius 2 is 1.94 bits per heavy atom. The van der Waals surface area contributed by atoms with Crippen LogP contribution in [0.5, 0.6) is 0 Å². The molecule has 0 aliphatic heterocycles. The van der Waals surface area contributed by atoms with Crippen LogP contribution in [0.25, 0.3) is 0 Å². The lowest BCUT2D eigenvalue weighted by Crippen LogP contribution is -2.34. The smallest absolute Gasteiger partial charge is 0.224 e. The Kier molecular flexibility index (Phi) is 4.66. The monoisotopic (exact) mass is 240 g/mol. The summed E-state index contributed by atoms with van der Waals surface area (Å²) in [5.41, 5.74) is -0.140. The molecular formula is C12H21FN4. The maximum Gasteiger partial charge on any atom is 0.224 e. The minimum atomic E-state index is -0.417. The highest BCUT2D eigenvalue weighted by Gasteiger charge is 2.21. The first-order valence-electron chi connectivity index (χ1n) is 6.09. The van der Waals surface area contributed by atoms with Crippen LogP contribution in [0.4, 0.5) is 16.2 Å². The van der Waals surface area contributed by atoms with Crippen LogP contribution in [-0.4, -0.2) is 22.1 Å². The Hall–Kier alpha value is -1.39. The molecule has 96 valence electrons. The van der Waals surface area contributed by atoms with Crippen molar-refractivity contribution in [3.05, 3.63) is 12.0 Å². The third-order valence-electron chi connectivity index (χ3n) is 3.06. The molecule has 2 N–H and O–H groups in total. The van der Waals surface area contributed by atoms with Gasteiger partial charge in [0.1, 0.15) is 0 Å². The second kappa shape index (κ2) is 5.80. The van der Waals surface area contributed by atoms with Crippen molar-refractivity contribution in [1.29, 1.82) is 0 Å². The molecule has 0 aliphatic carbocycles. The van der Waals surface area contributed by atoms with E-state index in [2.05, 4.69) is 41.4 Å². The molecule has 0 fully saturated rings. The zero-order valence-electron chi connectivity index (χ0n) is 11.0. The fraction of sp³-hybridized carbons (Fsp3) is 0.667. The van der Waals surface area contributed by atoms with Gasteiger partial charge in [0.2, 0.25) is 5.95 Å². The van der Waals surface area contributed by atoms with Gasteiger partial charge in [0, 0.05) is 12.1 Å². The molecule has 4 nitrogen and oxygen atoms in total. The lowest BCUT2D eigenvalue weighted by molar-refractivity contribution is 0.471. The third-order valence-corrected chi connectivity index (χ3v) is 3.06. The van der Waals surface area contributed by atoms with Gasteiger partial charge in [-0.3, -0.25) is 0 Å². The molecule has 0 saturated carbocycles. The first-order chi connectivity index (χ1) is 8.04. The van der Waals surface area contributed by atoms with E-state index in [4.69, 9.17) is 0 Å². The van der Waals surface area contributed by atoms with Gasteiger partial charge in [-0.15, -0.1) is 0 Å². The fourth-order valence-corrected chi connectivity index (χ4v) is 1.41. The maximum atomic E-state index is 13.6. The van der Waals surface area contributed by atoms with E-state index >= 15 is 0 Å². The summed E-state index contributed by atoms with van der Waals surface area (Å²) < 4.78 is 13.6. The highest BCUT2D eigenvalue weighted by atomic mass is 19.1. The van der Waals surface area contributed by atoms with Gasteiger partial charge < -0.3 is 10.6 Å². The molecule has 0 unspecified atom stereocenters. The van der Waals surface area contributed by atoms with Crippen LogP contribution in [0.15, 0.2) is 6.20 Å². The molecule has 0 saturated heterocycles. The molecule has 1 rings (SSSR count). The Morgan fingerprint density at radius 3 is 2.47 bits per heavy atom. The zero-order valence-corrected chi connectivity index (χ0v) is 11.0. The summed E-state index contributed by atoms with van der Waals surface area (Å²) in [7, 11) is 0. The minimum Gasteiger partial charge on any atom is -0.362 e. The van der Waals surface area contributed by atoms with Gasteiger partial charge in [0.25, 0.3) is 0 Å². The Morgan fingerprint density at radius 1 is 1.29 bits per heavy atom. The van der Waals surface area contributed by atoms with E-state index in [1.54, 1.807) is 0 Å². The minimum absolute atomic E-state index is 0.140. The average Bonchev–Trinajstić information content (AvgIpc) is 2.33. The van der Waals surface area contributed by atoms with Crippen molar-refractivity contribution in [3.8, 4) is 0 Å². The van der Waals surface area contributed by atoms with E-state index in [-0.39, 0.29) is 11.4 Å². The molecule has 0 aliphatic rings. The second-order valence-electron chi connectivity index (χ2n) is 4.31. The SMILES string of the molecule is CCNc1ncc(F)c(NC(C)(CC)CC)n1. The molecule has 17 heavy (non-hydrogen) atoms. The summed E-state index contributed by atoms with van der Waals surface area (Å²) in [4.78, 5) is 8.01. The molecule has 0 atom stereocenters. The van der Waals surface area contributed by atoms with Gasteiger partial charge in [-0.1, -0.05) is 13.8 Å². The van der Waals surface area contributed by atoms with Crippen LogP contribution in [0.1, 0.15) is 40.5 Å². The van der Waals surface area contributed by atoms with Crippen molar-refractivity contribution in [1.82, 2.24) is 9.97 Å².